The standard InChI is InChI=1S/C5H10O3.2H3O3PS/c1-2-3-8-5(7)4-6;2*1-4(2,3)5/h6H,2-4H2,1H3;2*(H3,1,2,3,5). The van der Waals surface area contributed by atoms with Crippen LogP contribution in [0.1, 0.15) is 13.3 Å². The van der Waals surface area contributed by atoms with E-state index in [9.17, 15) is 13.9 Å². The largest absolute Gasteiger partial charge is 0.464 e. The third kappa shape index (κ3) is 94.6. The summed E-state index contributed by atoms with van der Waals surface area (Å²) < 4.78 is 22.8. The number of rotatable bonds is 3. The molecule has 18 heavy (non-hydrogen) atoms. The maximum absolute atomic E-state index is 10.1. The Bertz CT molecular complexity index is 261. The highest BCUT2D eigenvalue weighted by atomic mass is 32.7. The first kappa shape index (κ1) is 23.5. The van der Waals surface area contributed by atoms with Crippen LogP contribution in [-0.4, -0.2) is 43.9 Å². The van der Waals surface area contributed by atoms with E-state index in [2.05, 4.69) is 29.2 Å². The van der Waals surface area contributed by atoms with Gasteiger partial charge in [-0.05, 0) is 6.42 Å². The van der Waals surface area contributed by atoms with Gasteiger partial charge in [-0.15, -0.1) is 0 Å². The molecule has 0 aromatic carbocycles. The summed E-state index contributed by atoms with van der Waals surface area (Å²) in [7, 11) is 0. The van der Waals surface area contributed by atoms with E-state index in [0.29, 0.717) is 6.61 Å². The van der Waals surface area contributed by atoms with E-state index >= 15 is 0 Å². The molecule has 0 heterocycles. The molecule has 0 rings (SSSR count). The molecule has 0 radical (unpaired) electrons. The van der Waals surface area contributed by atoms with Gasteiger partial charge < -0.3 is 29.4 Å². The molecule has 9 nitrogen and oxygen atoms in total. The molecule has 0 aliphatic heterocycles. The van der Waals surface area contributed by atoms with Crippen molar-refractivity contribution in [3.8, 4) is 0 Å². The molecule has 0 aromatic heterocycles. The number of ether oxygens (including phenoxy) is 1. The van der Waals surface area contributed by atoms with E-state index in [1.165, 1.54) is 0 Å². The van der Waals surface area contributed by atoms with Crippen LogP contribution in [0.3, 0.4) is 0 Å². The Hall–Kier alpha value is 0.430. The van der Waals surface area contributed by atoms with Crippen molar-refractivity contribution in [2.75, 3.05) is 13.2 Å². The van der Waals surface area contributed by atoms with E-state index in [1.54, 1.807) is 0 Å². The minimum atomic E-state index is -3.94. The van der Waals surface area contributed by atoms with Crippen LogP contribution >= 0.6 is 38.1 Å². The van der Waals surface area contributed by atoms with Crippen LogP contribution in [-0.2, 0) is 18.7 Å². The summed E-state index contributed by atoms with van der Waals surface area (Å²) in [4.78, 5) is 40.1. The Labute approximate surface area is 114 Å². The van der Waals surface area contributed by atoms with Gasteiger partial charge in [0.05, 0.1) is 6.61 Å². The highest BCUT2D eigenvalue weighted by molar-refractivity contribution is 8.44. The molecular weight excluding hydrogens is 330 g/mol. The molecule has 0 atom stereocenters. The fraction of sp³-hybridized carbons (Fsp3) is 0.800. The molecule has 0 spiro atoms. The first-order valence-corrected chi connectivity index (χ1v) is 9.67. The predicted molar refractivity (Wildman–Crippen MR) is 70.4 cm³/mol. The van der Waals surface area contributed by atoms with Gasteiger partial charge in [-0.2, -0.15) is 0 Å². The Morgan fingerprint density at radius 1 is 1.11 bits per heavy atom. The number of aliphatic hydroxyl groups excluding tert-OH is 1. The van der Waals surface area contributed by atoms with Gasteiger partial charge in [0.1, 0.15) is 6.61 Å². The third-order valence-corrected chi connectivity index (χ3v) is 0.596. The van der Waals surface area contributed by atoms with Gasteiger partial charge in [0.15, 0.2) is 0 Å². The number of hydrogen-bond donors (Lipinski definition) is 7. The summed E-state index contributed by atoms with van der Waals surface area (Å²) in [5, 5.41) is 8.09. The molecule has 0 amide bonds. The minimum absolute atomic E-state index is 0.402. The highest BCUT2D eigenvalue weighted by Crippen LogP contribution is 2.39. The Balaban J connectivity index is -0.000000197. The molecule has 13 heteroatoms. The van der Waals surface area contributed by atoms with Crippen molar-refractivity contribution in [1.29, 1.82) is 0 Å². The SMILES string of the molecule is CCCOC(=O)CO.O=P(O)(O)S.O=P(O)(O)S. The smallest absolute Gasteiger partial charge is 0.380 e. The second kappa shape index (κ2) is 12.5. The van der Waals surface area contributed by atoms with Crippen molar-refractivity contribution >= 4 is 44.1 Å². The summed E-state index contributed by atoms with van der Waals surface area (Å²) in [6.07, 6.45) is 0.797. The number of hydrogen-bond acceptors (Lipinski definition) is 5. The molecule has 5 N–H and O–H groups in total. The van der Waals surface area contributed by atoms with E-state index < -0.39 is 26.2 Å². The lowest BCUT2D eigenvalue weighted by Gasteiger charge is -1.96. The van der Waals surface area contributed by atoms with Gasteiger partial charge >= 0.3 is 19.6 Å². The first-order chi connectivity index (χ1) is 7.81. The molecule has 0 aromatic rings. The van der Waals surface area contributed by atoms with Crippen molar-refractivity contribution in [1.82, 2.24) is 0 Å². The number of carbonyl (C=O) groups is 1. The minimum Gasteiger partial charge on any atom is -0.464 e. The van der Waals surface area contributed by atoms with Crippen LogP contribution in [0.25, 0.3) is 0 Å². The lowest BCUT2D eigenvalue weighted by Crippen LogP contribution is -2.08. The molecule has 0 saturated heterocycles. The molecule has 0 saturated carbocycles. The molecule has 112 valence electrons. The average Bonchev–Trinajstić information content (AvgIpc) is 2.08. The molecule has 0 bridgehead atoms. The van der Waals surface area contributed by atoms with Crippen molar-refractivity contribution < 1.29 is 43.3 Å². The van der Waals surface area contributed by atoms with E-state index in [1.807, 2.05) is 6.92 Å². The van der Waals surface area contributed by atoms with Crippen LogP contribution in [0.5, 0.6) is 0 Å². The zero-order valence-corrected chi connectivity index (χ0v) is 12.9. The molecule has 0 aliphatic rings. The van der Waals surface area contributed by atoms with Crippen LogP contribution in [0, 0.1) is 0 Å². The Kier molecular flexibility index (Phi) is 16.3. The van der Waals surface area contributed by atoms with Crippen molar-refractivity contribution in [3.63, 3.8) is 0 Å². The van der Waals surface area contributed by atoms with E-state index in [0.717, 1.165) is 6.42 Å². The summed E-state index contributed by atoms with van der Waals surface area (Å²) in [5.74, 6) is -0.549. The number of carbonyl (C=O) groups excluding carboxylic acids is 1. The molecular formula is C5H16O9P2S2. The Morgan fingerprint density at radius 3 is 1.56 bits per heavy atom. The normalized spacial score (nSPS) is 10.4. The van der Waals surface area contributed by atoms with Crippen LogP contribution in [0.15, 0.2) is 0 Å². The fourth-order valence-electron chi connectivity index (χ4n) is 0.262. The summed E-state index contributed by atoms with van der Waals surface area (Å²) >= 11 is 5.58. The zero-order chi connectivity index (χ0) is 15.4. The van der Waals surface area contributed by atoms with Crippen LogP contribution in [0.2, 0.25) is 0 Å². The Morgan fingerprint density at radius 2 is 1.39 bits per heavy atom. The second-order valence-electron chi connectivity index (χ2n) is 2.41. The lowest BCUT2D eigenvalue weighted by atomic mass is 10.5. The maximum atomic E-state index is 10.1. The summed E-state index contributed by atoms with van der Waals surface area (Å²) in [6, 6.07) is 0. The van der Waals surface area contributed by atoms with Gasteiger partial charge in [-0.25, -0.2) is 13.9 Å². The highest BCUT2D eigenvalue weighted by Gasteiger charge is 1.98. The fourth-order valence-corrected chi connectivity index (χ4v) is 0.262. The maximum Gasteiger partial charge on any atom is 0.380 e. The number of aliphatic hydroxyl groups is 1. The van der Waals surface area contributed by atoms with Crippen molar-refractivity contribution in [2.45, 2.75) is 13.3 Å². The monoisotopic (exact) mass is 346 g/mol. The topological polar surface area (TPSA) is 162 Å². The van der Waals surface area contributed by atoms with Crippen molar-refractivity contribution in [2.24, 2.45) is 0 Å². The predicted octanol–water partition coefficient (Wildman–Crippen LogP) is -0.0503. The van der Waals surface area contributed by atoms with E-state index in [-0.39, 0.29) is 0 Å². The third-order valence-electron chi connectivity index (χ3n) is 0.596. The van der Waals surface area contributed by atoms with E-state index in [4.69, 9.17) is 24.7 Å². The summed E-state index contributed by atoms with van der Waals surface area (Å²) in [5.41, 5.74) is 0. The quantitative estimate of drug-likeness (QED) is 0.211. The lowest BCUT2D eigenvalue weighted by molar-refractivity contribution is -0.146. The molecule has 0 fully saturated rings. The van der Waals surface area contributed by atoms with Crippen molar-refractivity contribution in [3.05, 3.63) is 0 Å². The molecule has 0 aliphatic carbocycles. The summed E-state index contributed by atoms with van der Waals surface area (Å²) in [6.45, 7) is -6.11. The van der Waals surface area contributed by atoms with Gasteiger partial charge in [-0.1, -0.05) is 31.4 Å². The zero-order valence-electron chi connectivity index (χ0n) is 9.28. The second-order valence-corrected chi connectivity index (χ2v) is 7.58. The first-order valence-electron chi connectivity index (χ1n) is 4.14. The van der Waals surface area contributed by atoms with Crippen LogP contribution < -0.4 is 0 Å². The molecule has 0 unspecified atom stereocenters. The number of esters is 1. The van der Waals surface area contributed by atoms with Gasteiger partial charge in [0.25, 0.3) is 0 Å². The van der Waals surface area contributed by atoms with Gasteiger partial charge in [-0.3, -0.25) is 0 Å². The van der Waals surface area contributed by atoms with Gasteiger partial charge in [0.2, 0.25) is 0 Å². The van der Waals surface area contributed by atoms with Crippen LogP contribution in [0.4, 0.5) is 0 Å². The average molecular weight is 346 g/mol. The van der Waals surface area contributed by atoms with Gasteiger partial charge in [0, 0.05) is 0 Å². The number of thiol groups is 2.